The molecule has 3 heterocycles. The summed E-state index contributed by atoms with van der Waals surface area (Å²) in [6.07, 6.45) is 1.15. The summed E-state index contributed by atoms with van der Waals surface area (Å²) in [7, 11) is 0. The van der Waals surface area contributed by atoms with E-state index < -0.39 is 0 Å². The van der Waals surface area contributed by atoms with Crippen molar-refractivity contribution in [2.75, 3.05) is 9.80 Å². The standard InChI is InChI=1S/C55H65BN2S/c1-50(2,3)33-18-17-19-37(26-33)57-43-28-35(52(7,8)9)20-24-42(43)56-47-44(57)29-36(53(10,11)12)30-45(47)58(38-22-23-40-41(31-38)55(15,16)32-54(40,13)14)48-39-27-34(51(4,5)6)21-25-46(39)59-49(48)56/h17-31H,32H2,1-16H3. The molecule has 59 heavy (non-hydrogen) atoms. The van der Waals surface area contributed by atoms with Crippen LogP contribution in [0.25, 0.3) is 10.1 Å². The van der Waals surface area contributed by atoms with Gasteiger partial charge in [-0.05, 0) is 138 Å². The molecule has 0 saturated carbocycles. The molecule has 0 unspecified atom stereocenters. The Labute approximate surface area is 360 Å². The summed E-state index contributed by atoms with van der Waals surface area (Å²) in [6.45, 7) is 38.1. The lowest BCUT2D eigenvalue weighted by Gasteiger charge is -2.45. The summed E-state index contributed by atoms with van der Waals surface area (Å²) in [5.74, 6) is 0. The lowest BCUT2D eigenvalue weighted by atomic mass is 9.36. The van der Waals surface area contributed by atoms with Gasteiger partial charge >= 0.3 is 0 Å². The van der Waals surface area contributed by atoms with Crippen LogP contribution in [0.1, 0.15) is 151 Å². The van der Waals surface area contributed by atoms with Gasteiger partial charge in [-0.15, -0.1) is 11.3 Å². The molecule has 1 aromatic heterocycles. The summed E-state index contributed by atoms with van der Waals surface area (Å²) in [5, 5.41) is 1.36. The van der Waals surface area contributed by atoms with Gasteiger partial charge in [0.15, 0.2) is 0 Å². The van der Waals surface area contributed by atoms with Crippen molar-refractivity contribution in [3.63, 3.8) is 0 Å². The molecule has 0 amide bonds. The van der Waals surface area contributed by atoms with Crippen molar-refractivity contribution < 1.29 is 0 Å². The molecular weight excluding hydrogens is 731 g/mol. The Morgan fingerprint density at radius 2 is 1.05 bits per heavy atom. The molecule has 0 saturated heterocycles. The minimum absolute atomic E-state index is 0.00193. The fourth-order valence-corrected chi connectivity index (χ4v) is 11.9. The van der Waals surface area contributed by atoms with Gasteiger partial charge in [0.05, 0.1) is 5.69 Å². The Morgan fingerprint density at radius 3 is 1.69 bits per heavy atom. The molecule has 4 heteroatoms. The number of hydrogen-bond donors (Lipinski definition) is 0. The second kappa shape index (κ2) is 12.6. The molecule has 0 radical (unpaired) electrons. The lowest BCUT2D eigenvalue weighted by molar-refractivity contribution is 0.403. The minimum Gasteiger partial charge on any atom is -0.311 e. The van der Waals surface area contributed by atoms with E-state index in [0.717, 1.165) is 6.42 Å². The van der Waals surface area contributed by atoms with E-state index in [1.807, 2.05) is 11.3 Å². The molecule has 0 bridgehead atoms. The van der Waals surface area contributed by atoms with E-state index in [2.05, 4.69) is 212 Å². The maximum atomic E-state index is 2.70. The van der Waals surface area contributed by atoms with E-state index in [9.17, 15) is 0 Å². The third kappa shape index (κ3) is 6.33. The van der Waals surface area contributed by atoms with Crippen molar-refractivity contribution in [3.8, 4) is 0 Å². The first-order valence-corrected chi connectivity index (χ1v) is 22.8. The van der Waals surface area contributed by atoms with Gasteiger partial charge in [-0.3, -0.25) is 0 Å². The number of thiophene rings is 1. The van der Waals surface area contributed by atoms with Crippen molar-refractivity contribution in [1.29, 1.82) is 0 Å². The van der Waals surface area contributed by atoms with E-state index >= 15 is 0 Å². The molecule has 5 aromatic carbocycles. The van der Waals surface area contributed by atoms with E-state index in [1.54, 1.807) is 0 Å². The zero-order valence-electron chi connectivity index (χ0n) is 38.7. The molecule has 0 N–H and O–H groups in total. The number of rotatable bonds is 2. The van der Waals surface area contributed by atoms with Gasteiger partial charge < -0.3 is 9.80 Å². The molecule has 9 rings (SSSR count). The van der Waals surface area contributed by atoms with E-state index in [0.29, 0.717) is 0 Å². The highest BCUT2D eigenvalue weighted by Crippen LogP contribution is 2.54. The summed E-state index contributed by atoms with van der Waals surface area (Å²) < 4.78 is 2.80. The summed E-state index contributed by atoms with van der Waals surface area (Å²) in [5.41, 5.74) is 19.1. The first-order chi connectivity index (χ1) is 27.3. The summed E-state index contributed by atoms with van der Waals surface area (Å²) in [4.78, 5) is 5.33. The SMILES string of the molecule is CC(C)(C)c1cccc(N2c3cc(C(C)(C)C)ccc3B3c4sc5ccc(C(C)(C)C)cc5c4N(c4ccc5c(c4)C(C)(C)CC5(C)C)c4cc(C(C)(C)C)cc2c43)c1. The Hall–Kier alpha value is -4.28. The van der Waals surface area contributed by atoms with Gasteiger partial charge in [0, 0.05) is 43.3 Å². The summed E-state index contributed by atoms with van der Waals surface area (Å²) in [6, 6.07) is 36.7. The number of hydrogen-bond acceptors (Lipinski definition) is 3. The zero-order valence-corrected chi connectivity index (χ0v) is 39.6. The fourth-order valence-electron chi connectivity index (χ4n) is 10.6. The average Bonchev–Trinajstić information content (AvgIpc) is 3.59. The third-order valence-corrected chi connectivity index (χ3v) is 15.1. The van der Waals surface area contributed by atoms with Crippen LogP contribution in [0.15, 0.2) is 91.0 Å². The highest BCUT2D eigenvalue weighted by atomic mass is 32.1. The number of nitrogens with zero attached hydrogens (tertiary/aromatic N) is 2. The molecule has 2 nitrogen and oxygen atoms in total. The second-order valence-electron chi connectivity index (χ2n) is 23.6. The highest BCUT2D eigenvalue weighted by molar-refractivity contribution is 7.33. The third-order valence-electron chi connectivity index (χ3n) is 13.8. The van der Waals surface area contributed by atoms with Crippen LogP contribution in [0.3, 0.4) is 0 Å². The van der Waals surface area contributed by atoms with Crippen molar-refractivity contribution in [2.45, 2.75) is 150 Å². The van der Waals surface area contributed by atoms with Crippen molar-refractivity contribution in [2.24, 2.45) is 0 Å². The Morgan fingerprint density at radius 1 is 0.508 bits per heavy atom. The summed E-state index contributed by atoms with van der Waals surface area (Å²) >= 11 is 2.01. The van der Waals surface area contributed by atoms with Crippen molar-refractivity contribution >= 4 is 78.0 Å². The smallest absolute Gasteiger partial charge is 0.264 e. The molecule has 0 spiro atoms. The predicted molar refractivity (Wildman–Crippen MR) is 261 cm³/mol. The van der Waals surface area contributed by atoms with Gasteiger partial charge in [-0.25, -0.2) is 0 Å². The first-order valence-electron chi connectivity index (χ1n) is 22.0. The number of fused-ring (bicyclic) bond motifs is 7. The molecule has 3 aliphatic rings. The number of benzene rings is 5. The van der Waals surface area contributed by atoms with Gasteiger partial charge in [-0.2, -0.15) is 0 Å². The van der Waals surface area contributed by atoms with E-state index in [4.69, 9.17) is 0 Å². The topological polar surface area (TPSA) is 6.48 Å². The quantitative estimate of drug-likeness (QED) is 0.161. The maximum Gasteiger partial charge on any atom is 0.264 e. The van der Waals surface area contributed by atoms with Gasteiger partial charge in [0.25, 0.3) is 6.71 Å². The van der Waals surface area contributed by atoms with Gasteiger partial charge in [-0.1, -0.05) is 147 Å². The molecule has 304 valence electrons. The molecule has 0 atom stereocenters. The normalized spacial score (nSPS) is 16.9. The van der Waals surface area contributed by atoms with Crippen LogP contribution in [-0.4, -0.2) is 6.71 Å². The number of anilines is 6. The minimum atomic E-state index is -0.0838. The molecule has 2 aliphatic heterocycles. The fraction of sp³-hybridized carbons (Fsp3) is 0.418. The van der Waals surface area contributed by atoms with Gasteiger partial charge in [0.1, 0.15) is 0 Å². The van der Waals surface area contributed by atoms with Crippen LogP contribution < -0.4 is 25.5 Å². The predicted octanol–water partition coefficient (Wildman–Crippen LogP) is 14.1. The maximum absolute atomic E-state index is 2.70. The lowest BCUT2D eigenvalue weighted by Crippen LogP contribution is -2.60. The van der Waals surface area contributed by atoms with Crippen LogP contribution in [0.4, 0.5) is 34.1 Å². The van der Waals surface area contributed by atoms with Crippen molar-refractivity contribution in [1.82, 2.24) is 0 Å². The van der Waals surface area contributed by atoms with Crippen LogP contribution >= 0.6 is 11.3 Å². The van der Waals surface area contributed by atoms with Crippen LogP contribution in [0.5, 0.6) is 0 Å². The monoisotopic (exact) mass is 796 g/mol. The Balaban J connectivity index is 1.44. The Bertz CT molecular complexity index is 2700. The average molecular weight is 797 g/mol. The van der Waals surface area contributed by atoms with Gasteiger partial charge in [0.2, 0.25) is 0 Å². The second-order valence-corrected chi connectivity index (χ2v) is 24.6. The largest absolute Gasteiger partial charge is 0.311 e. The van der Waals surface area contributed by atoms with Crippen LogP contribution in [0.2, 0.25) is 0 Å². The molecule has 1 aliphatic carbocycles. The van der Waals surface area contributed by atoms with Crippen molar-refractivity contribution in [3.05, 3.63) is 124 Å². The van der Waals surface area contributed by atoms with Crippen LogP contribution in [-0.2, 0) is 32.5 Å². The van der Waals surface area contributed by atoms with Crippen LogP contribution in [0, 0.1) is 0 Å². The molecule has 6 aromatic rings. The highest BCUT2D eigenvalue weighted by Gasteiger charge is 2.48. The van der Waals surface area contributed by atoms with E-state index in [-0.39, 0.29) is 39.2 Å². The molecular formula is C55H65BN2S. The molecule has 0 fully saturated rings. The Kier molecular flexibility index (Phi) is 8.60. The first kappa shape index (κ1) is 40.1. The zero-order chi connectivity index (χ0) is 42.6. The van der Waals surface area contributed by atoms with E-state index in [1.165, 1.54) is 93.3 Å².